The molecule has 128 valence electrons. The normalized spacial score (nSPS) is 11.0. The van der Waals surface area contributed by atoms with Gasteiger partial charge in [0.05, 0.1) is 12.2 Å². The number of aromatic nitrogens is 6. The van der Waals surface area contributed by atoms with Gasteiger partial charge < -0.3 is 0 Å². The molecule has 0 fully saturated rings. The first kappa shape index (κ1) is 16.1. The first-order valence-corrected chi connectivity index (χ1v) is 8.46. The van der Waals surface area contributed by atoms with Crippen LogP contribution in [0.4, 0.5) is 0 Å². The summed E-state index contributed by atoms with van der Waals surface area (Å²) in [5, 5.41) is 8.61. The van der Waals surface area contributed by atoms with Crippen LogP contribution in [0.5, 0.6) is 0 Å². The van der Waals surface area contributed by atoms with Crippen molar-refractivity contribution in [3.8, 4) is 0 Å². The third kappa shape index (κ3) is 3.80. The molecule has 4 heterocycles. The van der Waals surface area contributed by atoms with E-state index >= 15 is 0 Å². The lowest BCUT2D eigenvalue weighted by molar-refractivity contribution is 0.647. The van der Waals surface area contributed by atoms with E-state index in [2.05, 4.69) is 37.4 Å². The van der Waals surface area contributed by atoms with Crippen molar-refractivity contribution in [3.63, 3.8) is 0 Å². The van der Waals surface area contributed by atoms with Crippen molar-refractivity contribution < 1.29 is 0 Å². The maximum absolute atomic E-state index is 4.35. The van der Waals surface area contributed by atoms with Gasteiger partial charge in [-0.1, -0.05) is 23.4 Å². The van der Waals surface area contributed by atoms with Crippen LogP contribution in [0.1, 0.15) is 28.3 Å². The molecule has 4 aromatic heterocycles. The molecule has 0 amide bonds. The summed E-state index contributed by atoms with van der Waals surface area (Å²) in [6.07, 6.45) is 13.7. The van der Waals surface area contributed by atoms with Crippen LogP contribution < -0.4 is 0 Å². The SMILES string of the molecule is c1cncc(Cn2cc(CC(c3cccnc3)c3cccnc3)nn2)c1. The molecule has 0 radical (unpaired) electrons. The Morgan fingerprint density at radius 3 is 2.04 bits per heavy atom. The quantitative estimate of drug-likeness (QED) is 0.539. The number of nitrogens with zero attached hydrogens (tertiary/aromatic N) is 6. The molecule has 0 aliphatic rings. The maximum Gasteiger partial charge on any atom is 0.0836 e. The Bertz CT molecular complexity index is 898. The summed E-state index contributed by atoms with van der Waals surface area (Å²) in [7, 11) is 0. The zero-order chi connectivity index (χ0) is 17.6. The minimum absolute atomic E-state index is 0.140. The van der Waals surface area contributed by atoms with Crippen molar-refractivity contribution in [3.05, 3.63) is 102 Å². The van der Waals surface area contributed by atoms with Crippen LogP contribution in [0.25, 0.3) is 0 Å². The van der Waals surface area contributed by atoms with Crippen LogP contribution in [-0.2, 0) is 13.0 Å². The van der Waals surface area contributed by atoms with Crippen molar-refractivity contribution in [1.29, 1.82) is 0 Å². The fourth-order valence-corrected chi connectivity index (χ4v) is 2.99. The molecular weight excluding hydrogens is 324 g/mol. The first-order chi connectivity index (χ1) is 12.9. The van der Waals surface area contributed by atoms with Crippen molar-refractivity contribution in [2.75, 3.05) is 0 Å². The number of rotatable bonds is 6. The number of hydrogen-bond acceptors (Lipinski definition) is 5. The highest BCUT2D eigenvalue weighted by atomic mass is 15.4. The second-order valence-electron chi connectivity index (χ2n) is 6.10. The van der Waals surface area contributed by atoms with Gasteiger partial charge in [0.25, 0.3) is 0 Å². The van der Waals surface area contributed by atoms with E-state index in [0.717, 1.165) is 28.8 Å². The molecule has 0 saturated heterocycles. The van der Waals surface area contributed by atoms with Gasteiger partial charge in [-0.2, -0.15) is 0 Å². The average molecular weight is 342 g/mol. The molecule has 0 saturated carbocycles. The van der Waals surface area contributed by atoms with E-state index < -0.39 is 0 Å². The zero-order valence-electron chi connectivity index (χ0n) is 14.2. The van der Waals surface area contributed by atoms with Crippen molar-refractivity contribution in [2.45, 2.75) is 18.9 Å². The van der Waals surface area contributed by atoms with Crippen molar-refractivity contribution in [1.82, 2.24) is 29.9 Å². The molecule has 6 nitrogen and oxygen atoms in total. The summed E-state index contributed by atoms with van der Waals surface area (Å²) in [4.78, 5) is 12.7. The molecule has 0 bridgehead atoms. The van der Waals surface area contributed by atoms with Crippen LogP contribution in [0.2, 0.25) is 0 Å². The molecule has 0 aliphatic carbocycles. The lowest BCUT2D eigenvalue weighted by Gasteiger charge is -2.15. The summed E-state index contributed by atoms with van der Waals surface area (Å²) in [5.74, 6) is 0.140. The predicted molar refractivity (Wildman–Crippen MR) is 97.4 cm³/mol. The Hall–Kier alpha value is -3.41. The fourth-order valence-electron chi connectivity index (χ4n) is 2.99. The zero-order valence-corrected chi connectivity index (χ0v) is 14.2. The Labute approximate surface area is 151 Å². The number of hydrogen-bond donors (Lipinski definition) is 0. The molecule has 0 aromatic carbocycles. The van der Waals surface area contributed by atoms with E-state index in [1.807, 2.05) is 53.7 Å². The second kappa shape index (κ2) is 7.65. The molecule has 0 atom stereocenters. The number of pyridine rings is 3. The van der Waals surface area contributed by atoms with Crippen LogP contribution in [-0.4, -0.2) is 29.9 Å². The van der Waals surface area contributed by atoms with E-state index in [0.29, 0.717) is 6.54 Å². The Morgan fingerprint density at radius 2 is 1.46 bits per heavy atom. The minimum Gasteiger partial charge on any atom is -0.264 e. The summed E-state index contributed by atoms with van der Waals surface area (Å²) in [6.45, 7) is 0.658. The molecule has 0 spiro atoms. The fraction of sp³-hybridized carbons (Fsp3) is 0.150. The standard InChI is InChI=1S/C20H18N6/c1-4-16(11-21-7-1)14-26-15-19(24-25-26)10-20(17-5-2-8-22-12-17)18-6-3-9-23-13-18/h1-9,11-13,15,20H,10,14H2. The lowest BCUT2D eigenvalue weighted by Crippen LogP contribution is -2.06. The van der Waals surface area contributed by atoms with Gasteiger partial charge in [-0.25, -0.2) is 4.68 Å². The van der Waals surface area contributed by atoms with E-state index in [1.165, 1.54) is 0 Å². The van der Waals surface area contributed by atoms with Crippen LogP contribution in [0.3, 0.4) is 0 Å². The molecule has 0 unspecified atom stereocenters. The highest BCUT2D eigenvalue weighted by molar-refractivity contribution is 5.30. The topological polar surface area (TPSA) is 69.4 Å². The van der Waals surface area contributed by atoms with Gasteiger partial charge in [0.1, 0.15) is 0 Å². The Morgan fingerprint density at radius 1 is 0.808 bits per heavy atom. The first-order valence-electron chi connectivity index (χ1n) is 8.46. The minimum atomic E-state index is 0.140. The molecule has 0 N–H and O–H groups in total. The molecule has 0 aliphatic heterocycles. The third-order valence-electron chi connectivity index (χ3n) is 4.24. The predicted octanol–water partition coefficient (Wildman–Crippen LogP) is 2.89. The Balaban J connectivity index is 1.57. The molecular formula is C20H18N6. The smallest absolute Gasteiger partial charge is 0.0836 e. The summed E-state index contributed by atoms with van der Waals surface area (Å²) in [5.41, 5.74) is 4.32. The summed E-state index contributed by atoms with van der Waals surface area (Å²) >= 11 is 0. The van der Waals surface area contributed by atoms with Crippen molar-refractivity contribution >= 4 is 0 Å². The van der Waals surface area contributed by atoms with Gasteiger partial charge in [0.15, 0.2) is 0 Å². The second-order valence-corrected chi connectivity index (χ2v) is 6.10. The van der Waals surface area contributed by atoms with E-state index in [9.17, 15) is 0 Å². The van der Waals surface area contributed by atoms with Crippen LogP contribution in [0, 0.1) is 0 Å². The van der Waals surface area contributed by atoms with Gasteiger partial charge >= 0.3 is 0 Å². The highest BCUT2D eigenvalue weighted by Gasteiger charge is 2.17. The van der Waals surface area contributed by atoms with Crippen molar-refractivity contribution in [2.24, 2.45) is 0 Å². The highest BCUT2D eigenvalue weighted by Crippen LogP contribution is 2.26. The summed E-state index contributed by atoms with van der Waals surface area (Å²) < 4.78 is 1.84. The van der Waals surface area contributed by atoms with E-state index in [-0.39, 0.29) is 5.92 Å². The van der Waals surface area contributed by atoms with E-state index in [1.54, 1.807) is 18.6 Å². The lowest BCUT2D eigenvalue weighted by atomic mass is 9.89. The summed E-state index contributed by atoms with van der Waals surface area (Å²) in [6, 6.07) is 12.0. The van der Waals surface area contributed by atoms with Crippen LogP contribution >= 0.6 is 0 Å². The van der Waals surface area contributed by atoms with Gasteiger partial charge in [-0.05, 0) is 34.9 Å². The monoisotopic (exact) mass is 342 g/mol. The van der Waals surface area contributed by atoms with Crippen LogP contribution in [0.15, 0.2) is 79.8 Å². The van der Waals surface area contributed by atoms with Gasteiger partial charge in [-0.3, -0.25) is 15.0 Å². The molecule has 6 heteroatoms. The molecule has 4 aromatic rings. The molecule has 4 rings (SSSR count). The average Bonchev–Trinajstić information content (AvgIpc) is 3.15. The van der Waals surface area contributed by atoms with E-state index in [4.69, 9.17) is 0 Å². The third-order valence-corrected chi connectivity index (χ3v) is 4.24. The van der Waals surface area contributed by atoms with Gasteiger partial charge in [-0.15, -0.1) is 5.10 Å². The Kier molecular flexibility index (Phi) is 4.73. The maximum atomic E-state index is 4.35. The van der Waals surface area contributed by atoms with Gasteiger partial charge in [0, 0.05) is 55.7 Å². The molecule has 26 heavy (non-hydrogen) atoms. The van der Waals surface area contributed by atoms with Gasteiger partial charge in [0.2, 0.25) is 0 Å². The largest absolute Gasteiger partial charge is 0.264 e.